The maximum Gasteiger partial charge on any atom is 0.255 e. The van der Waals surface area contributed by atoms with Crippen LogP contribution < -0.4 is 4.90 Å². The Morgan fingerprint density at radius 3 is 2.42 bits per heavy atom. The summed E-state index contributed by atoms with van der Waals surface area (Å²) in [5.74, 6) is 0.0783. The van der Waals surface area contributed by atoms with Crippen LogP contribution in [0, 0.1) is 0 Å². The molecule has 188 valence electrons. The van der Waals surface area contributed by atoms with Crippen LogP contribution in [0.15, 0.2) is 79.1 Å². The number of amides is 2. The lowest BCUT2D eigenvalue weighted by molar-refractivity contribution is -0.118. The van der Waals surface area contributed by atoms with Crippen LogP contribution in [-0.4, -0.2) is 58.8 Å². The second-order valence-electron chi connectivity index (χ2n) is 9.61. The average molecular weight is 485 g/mol. The Morgan fingerprint density at radius 1 is 0.889 bits per heavy atom. The molecule has 2 heterocycles. The van der Waals surface area contributed by atoms with E-state index in [0.717, 1.165) is 36.3 Å². The van der Waals surface area contributed by atoms with Gasteiger partial charge >= 0.3 is 0 Å². The van der Waals surface area contributed by atoms with Gasteiger partial charge in [-0.25, -0.2) is 0 Å². The van der Waals surface area contributed by atoms with Crippen LogP contribution in [0.5, 0.6) is 0 Å². The topological polar surface area (TPSA) is 56.8 Å². The Bertz CT molecular complexity index is 1130. The first-order chi connectivity index (χ1) is 17.5. The first-order valence-corrected chi connectivity index (χ1v) is 12.9. The fourth-order valence-corrected chi connectivity index (χ4v) is 4.76. The molecule has 3 aromatic rings. The molecule has 0 spiro atoms. The highest BCUT2D eigenvalue weighted by molar-refractivity contribution is 5.95. The predicted octanol–water partition coefficient (Wildman–Crippen LogP) is 4.80. The average Bonchev–Trinajstić information content (AvgIpc) is 2.95. The molecule has 36 heavy (non-hydrogen) atoms. The fourth-order valence-electron chi connectivity index (χ4n) is 4.76. The summed E-state index contributed by atoms with van der Waals surface area (Å²) in [5.41, 5.74) is 3.63. The Morgan fingerprint density at radius 2 is 1.67 bits per heavy atom. The Kier molecular flexibility index (Phi) is 8.85. The molecule has 0 saturated carbocycles. The molecule has 1 aliphatic rings. The van der Waals surface area contributed by atoms with Crippen molar-refractivity contribution in [1.29, 1.82) is 0 Å². The number of benzene rings is 2. The summed E-state index contributed by atoms with van der Waals surface area (Å²) >= 11 is 0. The molecule has 0 radical (unpaired) electrons. The number of anilines is 1. The highest BCUT2D eigenvalue weighted by Crippen LogP contribution is 2.25. The van der Waals surface area contributed by atoms with Crippen LogP contribution in [0.1, 0.15) is 48.2 Å². The molecule has 0 bridgehead atoms. The summed E-state index contributed by atoms with van der Waals surface area (Å²) in [5, 5.41) is 0. The number of hydrogen-bond acceptors (Lipinski definition) is 4. The third-order valence-corrected chi connectivity index (χ3v) is 6.83. The predicted molar refractivity (Wildman–Crippen MR) is 144 cm³/mol. The van der Waals surface area contributed by atoms with Gasteiger partial charge in [-0.1, -0.05) is 48.5 Å². The zero-order valence-electron chi connectivity index (χ0n) is 21.3. The largest absolute Gasteiger partial charge is 0.333 e. The van der Waals surface area contributed by atoms with Crippen LogP contribution >= 0.6 is 0 Å². The van der Waals surface area contributed by atoms with Gasteiger partial charge in [0.2, 0.25) is 5.91 Å². The van der Waals surface area contributed by atoms with Crippen molar-refractivity contribution in [2.75, 3.05) is 31.1 Å². The molecule has 0 saturated heterocycles. The quantitative estimate of drug-likeness (QED) is 0.522. The van der Waals surface area contributed by atoms with E-state index < -0.39 is 0 Å². The van der Waals surface area contributed by atoms with Gasteiger partial charge in [-0.3, -0.25) is 19.5 Å². The summed E-state index contributed by atoms with van der Waals surface area (Å²) in [7, 11) is 0. The van der Waals surface area contributed by atoms with E-state index in [1.165, 1.54) is 0 Å². The molecule has 6 nitrogen and oxygen atoms in total. The first kappa shape index (κ1) is 25.6. The number of rotatable bonds is 5. The molecule has 2 aromatic carbocycles. The third kappa shape index (κ3) is 6.58. The van der Waals surface area contributed by atoms with Crippen LogP contribution in [0.2, 0.25) is 0 Å². The number of pyridine rings is 1. The number of carbonyl (C=O) groups is 2. The summed E-state index contributed by atoms with van der Waals surface area (Å²) in [6.45, 7) is 7.74. The SMILES string of the molecule is CC(C)N1CCCN(C(=O)CCc2ccccc2)c2ccccc2CN(C(=O)c2cccnc2)CC1. The van der Waals surface area contributed by atoms with Crippen molar-refractivity contribution in [2.24, 2.45) is 0 Å². The lowest BCUT2D eigenvalue weighted by atomic mass is 10.1. The van der Waals surface area contributed by atoms with E-state index >= 15 is 0 Å². The van der Waals surface area contributed by atoms with Gasteiger partial charge in [-0.2, -0.15) is 0 Å². The zero-order valence-corrected chi connectivity index (χ0v) is 21.3. The minimum atomic E-state index is -0.0391. The van der Waals surface area contributed by atoms with Crippen molar-refractivity contribution < 1.29 is 9.59 Å². The smallest absolute Gasteiger partial charge is 0.255 e. The van der Waals surface area contributed by atoms with Crippen LogP contribution in [0.3, 0.4) is 0 Å². The van der Waals surface area contributed by atoms with Crippen molar-refractivity contribution in [3.05, 3.63) is 95.8 Å². The van der Waals surface area contributed by atoms with E-state index in [-0.39, 0.29) is 11.8 Å². The highest BCUT2D eigenvalue weighted by Gasteiger charge is 2.24. The van der Waals surface area contributed by atoms with Gasteiger partial charge < -0.3 is 9.80 Å². The monoisotopic (exact) mass is 484 g/mol. The van der Waals surface area contributed by atoms with E-state index in [0.29, 0.717) is 44.1 Å². The Balaban J connectivity index is 1.63. The number of fused-ring (bicyclic) bond motifs is 1. The minimum Gasteiger partial charge on any atom is -0.333 e. The van der Waals surface area contributed by atoms with Crippen molar-refractivity contribution in [3.63, 3.8) is 0 Å². The summed E-state index contributed by atoms with van der Waals surface area (Å²) in [6, 6.07) is 22.1. The Hall–Kier alpha value is -3.51. The molecule has 0 unspecified atom stereocenters. The summed E-state index contributed by atoms with van der Waals surface area (Å²) in [4.78, 5) is 37.4. The molecule has 0 atom stereocenters. The third-order valence-electron chi connectivity index (χ3n) is 6.83. The number of aromatic nitrogens is 1. The van der Waals surface area contributed by atoms with E-state index in [1.807, 2.05) is 58.3 Å². The number of aryl methyl sites for hydroxylation is 1. The van der Waals surface area contributed by atoms with Gasteiger partial charge in [-0.05, 0) is 56.0 Å². The Labute approximate surface area is 214 Å². The number of hydrogen-bond donors (Lipinski definition) is 0. The molecule has 0 aliphatic carbocycles. The highest BCUT2D eigenvalue weighted by atomic mass is 16.2. The van der Waals surface area contributed by atoms with Crippen LogP contribution in [-0.2, 0) is 17.8 Å². The van der Waals surface area contributed by atoms with E-state index in [4.69, 9.17) is 0 Å². The molecule has 6 heteroatoms. The normalized spacial score (nSPS) is 15.3. The molecule has 1 aromatic heterocycles. The molecule has 0 fully saturated rings. The van der Waals surface area contributed by atoms with E-state index in [9.17, 15) is 9.59 Å². The van der Waals surface area contributed by atoms with Gasteiger partial charge in [0.05, 0.1) is 5.56 Å². The zero-order chi connectivity index (χ0) is 25.3. The van der Waals surface area contributed by atoms with Crippen molar-refractivity contribution >= 4 is 17.5 Å². The van der Waals surface area contributed by atoms with Crippen LogP contribution in [0.4, 0.5) is 5.69 Å². The maximum absolute atomic E-state index is 13.6. The molecule has 4 rings (SSSR count). The van der Waals surface area contributed by atoms with Crippen molar-refractivity contribution in [3.8, 4) is 0 Å². The molecular weight excluding hydrogens is 448 g/mol. The lowest BCUT2D eigenvalue weighted by Gasteiger charge is -2.30. The van der Waals surface area contributed by atoms with Gasteiger partial charge in [-0.15, -0.1) is 0 Å². The van der Waals surface area contributed by atoms with E-state index in [2.05, 4.69) is 35.9 Å². The van der Waals surface area contributed by atoms with Gasteiger partial charge in [0.15, 0.2) is 0 Å². The second-order valence-corrected chi connectivity index (χ2v) is 9.61. The first-order valence-electron chi connectivity index (χ1n) is 12.9. The molecule has 2 amide bonds. The van der Waals surface area contributed by atoms with Crippen molar-refractivity contribution in [1.82, 2.24) is 14.8 Å². The second kappa shape index (κ2) is 12.5. The lowest BCUT2D eigenvalue weighted by Crippen LogP contribution is -2.41. The molecule has 0 N–H and O–H groups in total. The van der Waals surface area contributed by atoms with Crippen LogP contribution in [0.25, 0.3) is 0 Å². The number of nitrogens with zero attached hydrogens (tertiary/aromatic N) is 4. The molecular formula is C30H36N4O2. The minimum absolute atomic E-state index is 0.0391. The van der Waals surface area contributed by atoms with Gasteiger partial charge in [0, 0.05) is 63.3 Å². The number of carbonyl (C=O) groups excluding carboxylic acids is 2. The maximum atomic E-state index is 13.6. The van der Waals surface area contributed by atoms with E-state index in [1.54, 1.807) is 18.5 Å². The molecule has 1 aliphatic heterocycles. The fraction of sp³-hybridized carbons (Fsp3) is 0.367. The van der Waals surface area contributed by atoms with Crippen molar-refractivity contribution in [2.45, 2.75) is 45.7 Å². The number of para-hydroxylation sites is 1. The standard InChI is InChI=1S/C30H36N4O2/c1-24(2)32-18-9-19-34(29(35)16-15-25-10-4-3-5-11-25)28-14-7-6-12-27(28)23-33(21-20-32)30(36)26-13-8-17-31-22-26/h3-8,10-14,17,22,24H,9,15-16,18-21,23H2,1-2H3. The summed E-state index contributed by atoms with van der Waals surface area (Å²) in [6.07, 6.45) is 5.34. The van der Waals surface area contributed by atoms with Gasteiger partial charge in [0.25, 0.3) is 5.91 Å². The summed E-state index contributed by atoms with van der Waals surface area (Å²) < 4.78 is 0. The van der Waals surface area contributed by atoms with Gasteiger partial charge in [0.1, 0.15) is 0 Å².